The normalized spacial score (nSPS) is 17.8. The minimum absolute atomic E-state index is 0.0417. The molecule has 8 heteroatoms. The van der Waals surface area contributed by atoms with Crippen LogP contribution in [0.15, 0.2) is 36.4 Å². The van der Waals surface area contributed by atoms with Gasteiger partial charge in [-0.25, -0.2) is 8.78 Å². The van der Waals surface area contributed by atoms with Gasteiger partial charge in [-0.15, -0.1) is 0 Å². The van der Waals surface area contributed by atoms with E-state index in [-0.39, 0.29) is 30.9 Å². The molecule has 0 bridgehead atoms. The van der Waals surface area contributed by atoms with Gasteiger partial charge in [0, 0.05) is 18.8 Å². The van der Waals surface area contributed by atoms with Crippen LogP contribution >= 0.6 is 0 Å². The first kappa shape index (κ1) is 18.1. The first-order valence-corrected chi connectivity index (χ1v) is 7.72. The third-order valence-corrected chi connectivity index (χ3v) is 4.15. The Morgan fingerprint density at radius 3 is 2.50 bits per heavy atom. The molecule has 3 rings (SSSR count). The molecule has 0 amide bonds. The van der Waals surface area contributed by atoms with Crippen LogP contribution in [0.25, 0.3) is 0 Å². The summed E-state index contributed by atoms with van der Waals surface area (Å²) in [4.78, 5) is 1.47. The third-order valence-electron chi connectivity index (χ3n) is 4.15. The molecule has 1 heterocycles. The van der Waals surface area contributed by atoms with Crippen molar-refractivity contribution < 1.29 is 26.7 Å². The van der Waals surface area contributed by atoms with Gasteiger partial charge in [-0.2, -0.15) is 18.4 Å². The van der Waals surface area contributed by atoms with Gasteiger partial charge in [-0.1, -0.05) is 6.07 Å². The van der Waals surface area contributed by atoms with Gasteiger partial charge in [0.05, 0.1) is 23.8 Å². The van der Waals surface area contributed by atoms with Crippen LogP contribution in [-0.2, 0) is 10.9 Å². The molecule has 2 aromatic rings. The summed E-state index contributed by atoms with van der Waals surface area (Å²) in [5.41, 5.74) is -0.739. The molecule has 1 unspecified atom stereocenters. The molecule has 3 nitrogen and oxygen atoms in total. The molecular formula is C18H13F5N2O. The number of morpholine rings is 1. The van der Waals surface area contributed by atoms with E-state index in [1.807, 2.05) is 0 Å². The van der Waals surface area contributed by atoms with Crippen molar-refractivity contribution in [3.8, 4) is 6.07 Å². The minimum Gasteiger partial charge on any atom is -0.370 e. The molecule has 1 atom stereocenters. The number of halogens is 5. The zero-order valence-corrected chi connectivity index (χ0v) is 13.4. The predicted molar refractivity (Wildman–Crippen MR) is 83.4 cm³/mol. The van der Waals surface area contributed by atoms with Crippen molar-refractivity contribution in [3.05, 3.63) is 64.7 Å². The molecular weight excluding hydrogens is 355 g/mol. The summed E-state index contributed by atoms with van der Waals surface area (Å²) in [6, 6.07) is 8.33. The fraction of sp³-hybridized carbons (Fsp3) is 0.278. The maximum absolute atomic E-state index is 13.4. The number of anilines is 1. The lowest BCUT2D eigenvalue weighted by atomic mass is 10.0. The Morgan fingerprint density at radius 2 is 1.85 bits per heavy atom. The SMILES string of the molecule is N#Cc1ccc(N2CCOC(c3ccc(F)c(F)c3)C2)c(C(F)(F)F)c1. The summed E-state index contributed by atoms with van der Waals surface area (Å²) in [6.45, 7) is 0.371. The number of ether oxygens (including phenoxy) is 1. The summed E-state index contributed by atoms with van der Waals surface area (Å²) in [6.07, 6.45) is -5.33. The number of benzene rings is 2. The molecule has 0 radical (unpaired) electrons. The van der Waals surface area contributed by atoms with E-state index >= 15 is 0 Å². The van der Waals surface area contributed by atoms with Crippen LogP contribution < -0.4 is 4.90 Å². The van der Waals surface area contributed by atoms with E-state index in [2.05, 4.69) is 0 Å². The number of rotatable bonds is 2. The van der Waals surface area contributed by atoms with Gasteiger partial charge in [-0.05, 0) is 35.9 Å². The van der Waals surface area contributed by atoms with Crippen molar-refractivity contribution >= 4 is 5.69 Å². The maximum atomic E-state index is 13.4. The molecule has 2 aromatic carbocycles. The van der Waals surface area contributed by atoms with Crippen LogP contribution in [0.3, 0.4) is 0 Å². The molecule has 1 saturated heterocycles. The van der Waals surface area contributed by atoms with E-state index in [9.17, 15) is 22.0 Å². The topological polar surface area (TPSA) is 36.3 Å². The molecule has 0 saturated carbocycles. The Morgan fingerprint density at radius 1 is 1.08 bits per heavy atom. The second-order valence-electron chi connectivity index (χ2n) is 5.82. The van der Waals surface area contributed by atoms with Crippen molar-refractivity contribution in [2.45, 2.75) is 12.3 Å². The highest BCUT2D eigenvalue weighted by atomic mass is 19.4. The van der Waals surface area contributed by atoms with Crippen LogP contribution in [0.4, 0.5) is 27.6 Å². The van der Waals surface area contributed by atoms with E-state index in [1.54, 1.807) is 6.07 Å². The highest BCUT2D eigenvalue weighted by molar-refractivity contribution is 5.58. The van der Waals surface area contributed by atoms with Gasteiger partial charge in [-0.3, -0.25) is 0 Å². The van der Waals surface area contributed by atoms with Gasteiger partial charge in [0.25, 0.3) is 0 Å². The highest BCUT2D eigenvalue weighted by Crippen LogP contribution is 2.38. The Bertz CT molecular complexity index is 860. The standard InChI is InChI=1S/C18H13F5N2O/c19-14-3-2-12(8-15(14)20)17-10-25(5-6-26-17)16-4-1-11(9-24)7-13(16)18(21,22)23/h1-4,7-8,17H,5-6,10H2. The van der Waals surface area contributed by atoms with Crippen molar-refractivity contribution in [3.63, 3.8) is 0 Å². The van der Waals surface area contributed by atoms with E-state index in [1.165, 1.54) is 23.1 Å². The highest BCUT2D eigenvalue weighted by Gasteiger charge is 2.36. The van der Waals surface area contributed by atoms with E-state index < -0.39 is 29.5 Å². The smallest absolute Gasteiger partial charge is 0.370 e. The fourth-order valence-electron chi connectivity index (χ4n) is 2.89. The predicted octanol–water partition coefficient (Wildman–Crippen LogP) is 4.43. The van der Waals surface area contributed by atoms with Gasteiger partial charge in [0.1, 0.15) is 6.10 Å². The zero-order valence-electron chi connectivity index (χ0n) is 13.4. The average molecular weight is 368 g/mol. The second-order valence-corrected chi connectivity index (χ2v) is 5.82. The first-order valence-electron chi connectivity index (χ1n) is 7.72. The van der Waals surface area contributed by atoms with Crippen molar-refractivity contribution in [1.82, 2.24) is 0 Å². The van der Waals surface area contributed by atoms with Gasteiger partial charge in [0.2, 0.25) is 0 Å². The van der Waals surface area contributed by atoms with E-state index in [0.29, 0.717) is 5.56 Å². The van der Waals surface area contributed by atoms with Crippen LogP contribution in [-0.4, -0.2) is 19.7 Å². The summed E-state index contributed by atoms with van der Waals surface area (Å²) in [7, 11) is 0. The molecule has 1 fully saturated rings. The summed E-state index contributed by atoms with van der Waals surface area (Å²) >= 11 is 0. The number of alkyl halides is 3. The lowest BCUT2D eigenvalue weighted by molar-refractivity contribution is -0.137. The summed E-state index contributed by atoms with van der Waals surface area (Å²) in [5, 5.41) is 8.85. The van der Waals surface area contributed by atoms with Crippen LogP contribution in [0.5, 0.6) is 0 Å². The molecule has 1 aliphatic heterocycles. The summed E-state index contributed by atoms with van der Waals surface area (Å²) < 4.78 is 72.2. The third kappa shape index (κ3) is 3.63. The fourth-order valence-corrected chi connectivity index (χ4v) is 2.89. The lowest BCUT2D eigenvalue weighted by Gasteiger charge is -2.36. The number of nitrogens with zero attached hydrogens (tertiary/aromatic N) is 2. The van der Waals surface area contributed by atoms with Gasteiger partial charge in [0.15, 0.2) is 11.6 Å². The second kappa shape index (κ2) is 6.92. The number of nitriles is 1. The van der Waals surface area contributed by atoms with E-state index in [4.69, 9.17) is 10.00 Å². The summed E-state index contributed by atoms with van der Waals surface area (Å²) in [5.74, 6) is -2.05. The Hall–Kier alpha value is -2.66. The Labute approximate surface area is 146 Å². The molecule has 26 heavy (non-hydrogen) atoms. The van der Waals surface area contributed by atoms with Crippen molar-refractivity contribution in [1.29, 1.82) is 5.26 Å². The molecule has 0 N–H and O–H groups in total. The number of hydrogen-bond donors (Lipinski definition) is 0. The van der Waals surface area contributed by atoms with Crippen LogP contribution in [0.2, 0.25) is 0 Å². The van der Waals surface area contributed by atoms with Crippen molar-refractivity contribution in [2.75, 3.05) is 24.6 Å². The van der Waals surface area contributed by atoms with Crippen LogP contribution in [0, 0.1) is 23.0 Å². The largest absolute Gasteiger partial charge is 0.418 e. The first-order chi connectivity index (χ1) is 12.3. The number of hydrogen-bond acceptors (Lipinski definition) is 3. The molecule has 136 valence electrons. The quantitative estimate of drug-likeness (QED) is 0.736. The average Bonchev–Trinajstić information content (AvgIpc) is 2.63. The maximum Gasteiger partial charge on any atom is 0.418 e. The molecule has 0 aromatic heterocycles. The van der Waals surface area contributed by atoms with Gasteiger partial charge < -0.3 is 9.64 Å². The molecule has 0 spiro atoms. The Kier molecular flexibility index (Phi) is 4.83. The van der Waals surface area contributed by atoms with Gasteiger partial charge >= 0.3 is 6.18 Å². The molecule has 0 aliphatic carbocycles. The monoisotopic (exact) mass is 368 g/mol. The minimum atomic E-state index is -4.63. The van der Waals surface area contributed by atoms with E-state index in [0.717, 1.165) is 18.2 Å². The lowest BCUT2D eigenvalue weighted by Crippen LogP contribution is -2.39. The van der Waals surface area contributed by atoms with Crippen LogP contribution in [0.1, 0.15) is 22.8 Å². The molecule has 1 aliphatic rings. The van der Waals surface area contributed by atoms with Crippen molar-refractivity contribution in [2.24, 2.45) is 0 Å². The Balaban J connectivity index is 1.92. The zero-order chi connectivity index (χ0) is 18.9.